The number of ether oxygens (including phenoxy) is 1. The maximum absolute atomic E-state index is 12.2. The van der Waals surface area contributed by atoms with Crippen molar-refractivity contribution in [1.29, 1.82) is 0 Å². The van der Waals surface area contributed by atoms with Gasteiger partial charge in [0.2, 0.25) is 0 Å². The Bertz CT molecular complexity index is 974. The van der Waals surface area contributed by atoms with E-state index >= 15 is 0 Å². The number of anilines is 1. The standard InChI is InChI=1S/C23H27ClN4O4/c1-4-16-5-8-19(9-6-16)27-21(29)14-32-20-10-7-18(24)11-17(20)13-26-28-23(31)22(30)25-12-15(2)3/h5-11,13,15H,4,12,14H2,1-3H3,(H,25,30)(H,27,29)(H,28,31)/b26-13-. The second-order valence-corrected chi connectivity index (χ2v) is 7.81. The third-order valence-electron chi connectivity index (χ3n) is 4.22. The Balaban J connectivity index is 1.94. The number of aryl methyl sites for hydroxylation is 1. The van der Waals surface area contributed by atoms with Gasteiger partial charge < -0.3 is 15.4 Å². The zero-order chi connectivity index (χ0) is 23.5. The number of halogens is 1. The largest absolute Gasteiger partial charge is 0.483 e. The summed E-state index contributed by atoms with van der Waals surface area (Å²) in [4.78, 5) is 35.7. The lowest BCUT2D eigenvalue weighted by molar-refractivity contribution is -0.139. The molecule has 3 amide bonds. The van der Waals surface area contributed by atoms with E-state index in [1.807, 2.05) is 38.1 Å². The molecule has 2 rings (SSSR count). The van der Waals surface area contributed by atoms with Crippen LogP contribution in [0.15, 0.2) is 47.6 Å². The van der Waals surface area contributed by atoms with E-state index in [9.17, 15) is 14.4 Å². The molecule has 0 radical (unpaired) electrons. The lowest BCUT2D eigenvalue weighted by Gasteiger charge is -2.10. The Labute approximate surface area is 192 Å². The van der Waals surface area contributed by atoms with Crippen molar-refractivity contribution in [2.24, 2.45) is 11.0 Å². The van der Waals surface area contributed by atoms with E-state index in [-0.39, 0.29) is 18.4 Å². The zero-order valence-corrected chi connectivity index (χ0v) is 19.0. The third-order valence-corrected chi connectivity index (χ3v) is 4.46. The van der Waals surface area contributed by atoms with Gasteiger partial charge in [0.1, 0.15) is 5.75 Å². The van der Waals surface area contributed by atoms with Crippen molar-refractivity contribution in [2.75, 3.05) is 18.5 Å². The summed E-state index contributed by atoms with van der Waals surface area (Å²) < 4.78 is 5.59. The molecule has 0 saturated carbocycles. The Morgan fingerprint density at radius 3 is 2.47 bits per heavy atom. The predicted molar refractivity (Wildman–Crippen MR) is 125 cm³/mol. The maximum Gasteiger partial charge on any atom is 0.329 e. The van der Waals surface area contributed by atoms with Gasteiger partial charge in [-0.2, -0.15) is 5.10 Å². The van der Waals surface area contributed by atoms with Crippen LogP contribution in [-0.2, 0) is 20.8 Å². The molecule has 8 nitrogen and oxygen atoms in total. The van der Waals surface area contributed by atoms with E-state index in [1.165, 1.54) is 11.8 Å². The first-order valence-corrected chi connectivity index (χ1v) is 10.6. The molecule has 3 N–H and O–H groups in total. The number of rotatable bonds is 9. The summed E-state index contributed by atoms with van der Waals surface area (Å²) in [7, 11) is 0. The topological polar surface area (TPSA) is 109 Å². The highest BCUT2D eigenvalue weighted by Gasteiger charge is 2.13. The maximum atomic E-state index is 12.2. The normalized spacial score (nSPS) is 10.8. The van der Waals surface area contributed by atoms with Crippen LogP contribution in [0.25, 0.3) is 0 Å². The van der Waals surface area contributed by atoms with Crippen LogP contribution in [0.1, 0.15) is 31.9 Å². The minimum Gasteiger partial charge on any atom is -0.483 e. The highest BCUT2D eigenvalue weighted by atomic mass is 35.5. The van der Waals surface area contributed by atoms with Crippen molar-refractivity contribution in [3.8, 4) is 5.75 Å². The number of benzene rings is 2. The van der Waals surface area contributed by atoms with Gasteiger partial charge in [-0.05, 0) is 48.2 Å². The lowest BCUT2D eigenvalue weighted by Crippen LogP contribution is -2.39. The highest BCUT2D eigenvalue weighted by Crippen LogP contribution is 2.21. The van der Waals surface area contributed by atoms with E-state index in [4.69, 9.17) is 16.3 Å². The van der Waals surface area contributed by atoms with Crippen LogP contribution >= 0.6 is 11.6 Å². The molecule has 2 aromatic carbocycles. The van der Waals surface area contributed by atoms with Crippen LogP contribution in [-0.4, -0.2) is 37.1 Å². The Morgan fingerprint density at radius 2 is 1.81 bits per heavy atom. The zero-order valence-electron chi connectivity index (χ0n) is 18.3. The quantitative estimate of drug-likeness (QED) is 0.304. The molecule has 0 unspecified atom stereocenters. The SMILES string of the molecule is CCc1ccc(NC(=O)COc2ccc(Cl)cc2/C=N\NC(=O)C(=O)NCC(C)C)cc1. The van der Waals surface area contributed by atoms with Crippen molar-refractivity contribution >= 4 is 41.2 Å². The molecular weight excluding hydrogens is 432 g/mol. The summed E-state index contributed by atoms with van der Waals surface area (Å²) >= 11 is 6.03. The van der Waals surface area contributed by atoms with Crippen molar-refractivity contribution in [1.82, 2.24) is 10.7 Å². The summed E-state index contributed by atoms with van der Waals surface area (Å²) in [6, 6.07) is 12.3. The molecule has 0 spiro atoms. The van der Waals surface area contributed by atoms with Crippen LogP contribution in [0.3, 0.4) is 0 Å². The van der Waals surface area contributed by atoms with E-state index < -0.39 is 11.8 Å². The minimum atomic E-state index is -0.889. The van der Waals surface area contributed by atoms with E-state index in [0.29, 0.717) is 28.6 Å². The van der Waals surface area contributed by atoms with E-state index in [0.717, 1.165) is 6.42 Å². The van der Waals surface area contributed by atoms with Crippen molar-refractivity contribution in [3.63, 3.8) is 0 Å². The number of hydrazone groups is 1. The molecule has 0 fully saturated rings. The van der Waals surface area contributed by atoms with Gasteiger partial charge in [-0.3, -0.25) is 14.4 Å². The van der Waals surface area contributed by atoms with Gasteiger partial charge in [-0.15, -0.1) is 0 Å². The molecule has 9 heteroatoms. The van der Waals surface area contributed by atoms with Crippen LogP contribution in [0, 0.1) is 5.92 Å². The highest BCUT2D eigenvalue weighted by molar-refractivity contribution is 6.35. The first kappa shape index (κ1) is 24.9. The summed E-state index contributed by atoms with van der Waals surface area (Å²) in [5.41, 5.74) is 4.43. The number of hydrogen-bond donors (Lipinski definition) is 3. The molecule has 0 atom stereocenters. The lowest BCUT2D eigenvalue weighted by atomic mass is 10.1. The molecule has 32 heavy (non-hydrogen) atoms. The molecule has 0 saturated heterocycles. The molecule has 0 aliphatic rings. The Kier molecular flexibility index (Phi) is 9.69. The Morgan fingerprint density at radius 1 is 1.09 bits per heavy atom. The second kappa shape index (κ2) is 12.5. The Hall–Kier alpha value is -3.39. The number of hydrogen-bond acceptors (Lipinski definition) is 5. The average Bonchev–Trinajstić information content (AvgIpc) is 2.77. The molecular formula is C23H27ClN4O4. The van der Waals surface area contributed by atoms with Gasteiger partial charge in [0.05, 0.1) is 6.21 Å². The van der Waals surface area contributed by atoms with Crippen molar-refractivity contribution in [2.45, 2.75) is 27.2 Å². The van der Waals surface area contributed by atoms with Gasteiger partial charge in [0.15, 0.2) is 6.61 Å². The van der Waals surface area contributed by atoms with E-state index in [1.54, 1.807) is 18.2 Å². The van der Waals surface area contributed by atoms with Crippen LogP contribution in [0.4, 0.5) is 5.69 Å². The van der Waals surface area contributed by atoms with E-state index in [2.05, 4.69) is 28.1 Å². The van der Waals surface area contributed by atoms with Crippen LogP contribution < -0.4 is 20.8 Å². The molecule has 0 aromatic heterocycles. The molecule has 0 heterocycles. The van der Waals surface area contributed by atoms with Crippen molar-refractivity contribution in [3.05, 3.63) is 58.6 Å². The number of nitrogens with one attached hydrogen (secondary N) is 3. The fourth-order valence-corrected chi connectivity index (χ4v) is 2.68. The number of amides is 3. The molecule has 2 aromatic rings. The summed E-state index contributed by atoms with van der Waals surface area (Å²) in [6.07, 6.45) is 2.21. The predicted octanol–water partition coefficient (Wildman–Crippen LogP) is 3.14. The molecule has 170 valence electrons. The second-order valence-electron chi connectivity index (χ2n) is 7.37. The summed E-state index contributed by atoms with van der Waals surface area (Å²) in [5.74, 6) is -1.44. The van der Waals surface area contributed by atoms with Gasteiger partial charge in [-0.25, -0.2) is 5.43 Å². The number of nitrogens with zero attached hydrogens (tertiary/aromatic N) is 1. The molecule has 0 aliphatic heterocycles. The fourth-order valence-electron chi connectivity index (χ4n) is 2.50. The number of carbonyl (C=O) groups is 3. The first-order chi connectivity index (χ1) is 15.3. The molecule has 0 aliphatic carbocycles. The van der Waals surface area contributed by atoms with Gasteiger partial charge in [0, 0.05) is 22.8 Å². The average molecular weight is 459 g/mol. The van der Waals surface area contributed by atoms with Crippen molar-refractivity contribution < 1.29 is 19.1 Å². The van der Waals surface area contributed by atoms with Gasteiger partial charge >= 0.3 is 11.8 Å². The molecule has 0 bridgehead atoms. The van der Waals surface area contributed by atoms with Gasteiger partial charge in [-0.1, -0.05) is 44.5 Å². The fraction of sp³-hybridized carbons (Fsp3) is 0.304. The van der Waals surface area contributed by atoms with Gasteiger partial charge in [0.25, 0.3) is 5.91 Å². The smallest absolute Gasteiger partial charge is 0.329 e. The minimum absolute atomic E-state index is 0.217. The number of carbonyl (C=O) groups excluding carboxylic acids is 3. The van der Waals surface area contributed by atoms with Crippen LogP contribution in [0.5, 0.6) is 5.75 Å². The summed E-state index contributed by atoms with van der Waals surface area (Å²) in [5, 5.41) is 9.45. The third kappa shape index (κ3) is 8.39. The monoisotopic (exact) mass is 458 g/mol. The summed E-state index contributed by atoms with van der Waals surface area (Å²) in [6.45, 7) is 6.04. The van der Waals surface area contributed by atoms with Crippen LogP contribution in [0.2, 0.25) is 5.02 Å². The first-order valence-electron chi connectivity index (χ1n) is 10.2.